The van der Waals surface area contributed by atoms with Crippen LogP contribution in [0.4, 0.5) is 4.79 Å². The van der Waals surface area contributed by atoms with Gasteiger partial charge in [-0.15, -0.1) is 0 Å². The van der Waals surface area contributed by atoms with Crippen LogP contribution in [0.15, 0.2) is 11.6 Å². The topological polar surface area (TPSA) is 123 Å². The van der Waals surface area contributed by atoms with Gasteiger partial charge in [0.1, 0.15) is 18.8 Å². The molecule has 1 amide bonds. The maximum Gasteiger partial charge on any atom is 0.410 e. The van der Waals surface area contributed by atoms with Crippen molar-refractivity contribution in [3.63, 3.8) is 0 Å². The zero-order chi connectivity index (χ0) is 27.7. The molecular weight excluding hydrogens is 502 g/mol. The van der Waals surface area contributed by atoms with Crippen molar-refractivity contribution in [1.29, 1.82) is 0 Å². The van der Waals surface area contributed by atoms with Crippen LogP contribution in [0.25, 0.3) is 0 Å². The first kappa shape index (κ1) is 27.1. The molecule has 2 heterocycles. The van der Waals surface area contributed by atoms with Gasteiger partial charge in [-0.2, -0.15) is 0 Å². The average Bonchev–Trinajstić information content (AvgIpc) is 3.54. The molecule has 0 radical (unpaired) electrons. The molecular formula is C30H43NO8. The fraction of sp³-hybridized carbons (Fsp3) is 0.833. The fourth-order valence-electron chi connectivity index (χ4n) is 9.97. The number of aliphatic hydroxyl groups excluding tert-OH is 1. The van der Waals surface area contributed by atoms with E-state index in [1.165, 1.54) is 13.0 Å². The van der Waals surface area contributed by atoms with Gasteiger partial charge in [-0.05, 0) is 80.1 Å². The molecule has 10 atom stereocenters. The molecule has 6 rings (SSSR count). The second kappa shape index (κ2) is 9.47. The molecule has 4 aliphatic carbocycles. The summed E-state index contributed by atoms with van der Waals surface area (Å²) in [6.07, 6.45) is 7.32. The van der Waals surface area contributed by atoms with Crippen LogP contribution in [0.2, 0.25) is 0 Å². The predicted octanol–water partition coefficient (Wildman–Crippen LogP) is 3.36. The minimum Gasteiger partial charge on any atom is -0.462 e. The van der Waals surface area contributed by atoms with Crippen molar-refractivity contribution in [3.05, 3.63) is 11.6 Å². The lowest BCUT2D eigenvalue weighted by Crippen LogP contribution is -2.62. The summed E-state index contributed by atoms with van der Waals surface area (Å²) in [6.45, 7) is 6.99. The number of ether oxygens (including phenoxy) is 3. The minimum atomic E-state index is -1.01. The summed E-state index contributed by atoms with van der Waals surface area (Å²) in [4.78, 5) is 38.4. The smallest absolute Gasteiger partial charge is 0.410 e. The van der Waals surface area contributed by atoms with E-state index >= 15 is 0 Å². The largest absolute Gasteiger partial charge is 0.462 e. The number of β-amino-alcohol motifs (C(OH)–C–C–N with tert-alkyl or cyclic N) is 1. The first-order valence-electron chi connectivity index (χ1n) is 14.8. The van der Waals surface area contributed by atoms with E-state index < -0.39 is 23.2 Å². The zero-order valence-corrected chi connectivity index (χ0v) is 23.4. The van der Waals surface area contributed by atoms with Crippen molar-refractivity contribution in [2.24, 2.45) is 34.5 Å². The molecule has 0 bridgehead atoms. The van der Waals surface area contributed by atoms with E-state index in [2.05, 4.69) is 13.8 Å². The van der Waals surface area contributed by atoms with Gasteiger partial charge in [0.05, 0.1) is 11.7 Å². The van der Waals surface area contributed by atoms with Gasteiger partial charge in [0.2, 0.25) is 0 Å². The van der Waals surface area contributed by atoms with Gasteiger partial charge in [-0.1, -0.05) is 13.8 Å². The lowest BCUT2D eigenvalue weighted by molar-refractivity contribution is -0.208. The Bertz CT molecular complexity index is 1080. The van der Waals surface area contributed by atoms with Crippen molar-refractivity contribution < 1.29 is 38.8 Å². The molecule has 2 aliphatic heterocycles. The molecule has 2 N–H and O–H groups in total. The first-order valence-corrected chi connectivity index (χ1v) is 14.8. The molecule has 39 heavy (non-hydrogen) atoms. The van der Waals surface area contributed by atoms with Crippen LogP contribution < -0.4 is 0 Å². The van der Waals surface area contributed by atoms with Gasteiger partial charge in [0.15, 0.2) is 0 Å². The van der Waals surface area contributed by atoms with E-state index in [1.807, 2.05) is 0 Å². The van der Waals surface area contributed by atoms with Gasteiger partial charge in [-0.3, -0.25) is 4.79 Å². The molecule has 216 valence electrons. The third-order valence-corrected chi connectivity index (χ3v) is 11.9. The Balaban J connectivity index is 1.21. The standard InChI is InChI=1S/C30H43NO8/c1-17(32)38-24-14-30(36)23-5-4-19-13-21(39-27(35)31-11-8-20(33)15-31)6-9-28(19,2)22(23)7-10-29(30,3)26(24)18-12-25(34)37-16-18/h12,19-24,26,33,36H,4-11,13-16H2,1-3H3/t19-,20+,21+,22+,23-,24+,26+,28+,29-,30+/m1/s1. The Morgan fingerprint density at radius 1 is 1.08 bits per heavy atom. The zero-order valence-electron chi connectivity index (χ0n) is 23.4. The highest BCUT2D eigenvalue weighted by Gasteiger charge is 2.71. The summed E-state index contributed by atoms with van der Waals surface area (Å²) in [5.74, 6) is -0.178. The molecule has 0 spiro atoms. The first-order chi connectivity index (χ1) is 18.4. The molecule has 5 fully saturated rings. The number of cyclic esters (lactones) is 1. The monoisotopic (exact) mass is 545 g/mol. The molecule has 4 saturated carbocycles. The molecule has 0 aromatic heterocycles. The van der Waals surface area contributed by atoms with Gasteiger partial charge >= 0.3 is 18.0 Å². The Morgan fingerprint density at radius 2 is 1.87 bits per heavy atom. The summed E-state index contributed by atoms with van der Waals surface area (Å²) >= 11 is 0. The molecule has 1 saturated heterocycles. The second-order valence-corrected chi connectivity index (χ2v) is 13.7. The van der Waals surface area contributed by atoms with E-state index in [1.54, 1.807) is 4.90 Å². The van der Waals surface area contributed by atoms with Gasteiger partial charge < -0.3 is 29.3 Å². The number of carbonyl (C=O) groups excluding carboxylic acids is 3. The number of hydrogen-bond donors (Lipinski definition) is 2. The fourth-order valence-corrected chi connectivity index (χ4v) is 9.97. The average molecular weight is 546 g/mol. The van der Waals surface area contributed by atoms with E-state index in [-0.39, 0.29) is 48.0 Å². The van der Waals surface area contributed by atoms with Crippen LogP contribution in [-0.4, -0.2) is 76.8 Å². The van der Waals surface area contributed by atoms with Crippen molar-refractivity contribution in [2.75, 3.05) is 19.7 Å². The summed E-state index contributed by atoms with van der Waals surface area (Å²) in [5.41, 5.74) is -0.672. The normalized spacial score (nSPS) is 47.0. The Labute approximate surface area is 230 Å². The molecule has 0 aromatic rings. The molecule has 9 heteroatoms. The second-order valence-electron chi connectivity index (χ2n) is 13.7. The van der Waals surface area contributed by atoms with Gasteiger partial charge in [-0.25, -0.2) is 9.59 Å². The van der Waals surface area contributed by atoms with E-state index in [9.17, 15) is 24.6 Å². The van der Waals surface area contributed by atoms with E-state index in [0.29, 0.717) is 37.8 Å². The van der Waals surface area contributed by atoms with E-state index in [4.69, 9.17) is 14.2 Å². The molecule has 9 nitrogen and oxygen atoms in total. The minimum absolute atomic E-state index is 0.0352. The lowest BCUT2D eigenvalue weighted by atomic mass is 9.43. The Morgan fingerprint density at radius 3 is 2.54 bits per heavy atom. The summed E-state index contributed by atoms with van der Waals surface area (Å²) in [7, 11) is 0. The number of esters is 2. The van der Waals surface area contributed by atoms with Gasteiger partial charge in [0, 0.05) is 43.8 Å². The van der Waals surface area contributed by atoms with Crippen LogP contribution in [0.5, 0.6) is 0 Å². The predicted molar refractivity (Wildman–Crippen MR) is 139 cm³/mol. The maximum absolute atomic E-state index is 12.7. The maximum atomic E-state index is 12.7. The Kier molecular flexibility index (Phi) is 6.57. The van der Waals surface area contributed by atoms with Crippen LogP contribution >= 0.6 is 0 Å². The third-order valence-electron chi connectivity index (χ3n) is 11.9. The third kappa shape index (κ3) is 4.21. The summed E-state index contributed by atoms with van der Waals surface area (Å²) in [5, 5.41) is 22.4. The Hall–Kier alpha value is -2.13. The molecule has 0 aromatic carbocycles. The highest BCUT2D eigenvalue weighted by atomic mass is 16.6. The quantitative estimate of drug-likeness (QED) is 0.409. The van der Waals surface area contributed by atoms with Crippen molar-refractivity contribution >= 4 is 18.0 Å². The highest BCUT2D eigenvalue weighted by molar-refractivity contribution is 5.85. The lowest BCUT2D eigenvalue weighted by Gasteiger charge is -2.63. The van der Waals surface area contributed by atoms with Crippen molar-refractivity contribution in [3.8, 4) is 0 Å². The van der Waals surface area contributed by atoms with Crippen molar-refractivity contribution in [2.45, 2.75) is 102 Å². The number of nitrogens with zero attached hydrogens (tertiary/aromatic N) is 1. The number of fused-ring (bicyclic) bond motifs is 5. The summed E-state index contributed by atoms with van der Waals surface area (Å²) in [6, 6.07) is 0. The van der Waals surface area contributed by atoms with Crippen LogP contribution in [0.1, 0.15) is 78.6 Å². The van der Waals surface area contributed by atoms with Crippen LogP contribution in [0, 0.1) is 34.5 Å². The highest BCUT2D eigenvalue weighted by Crippen LogP contribution is 2.70. The number of amides is 1. The summed E-state index contributed by atoms with van der Waals surface area (Å²) < 4.78 is 17.0. The van der Waals surface area contributed by atoms with Gasteiger partial charge in [0.25, 0.3) is 0 Å². The number of likely N-dealkylation sites (tertiary alicyclic amines) is 1. The van der Waals surface area contributed by atoms with Crippen molar-refractivity contribution in [1.82, 2.24) is 4.90 Å². The number of carbonyl (C=O) groups is 3. The SMILES string of the molecule is CC(=O)O[C@H]1C[C@]2(O)[C@@H]3CC[C@@H]4C[C@@H](OC(=O)N5CC[C@H](O)C5)CC[C@]4(C)[C@H]3CC[C@]2(C)[C@H]1C1=CC(=O)OC1. The van der Waals surface area contributed by atoms with Crippen LogP contribution in [0.3, 0.4) is 0 Å². The molecule has 6 aliphatic rings. The molecule has 0 unspecified atom stereocenters. The number of hydrogen-bond acceptors (Lipinski definition) is 8. The van der Waals surface area contributed by atoms with Crippen LogP contribution in [-0.2, 0) is 23.8 Å². The van der Waals surface area contributed by atoms with E-state index in [0.717, 1.165) is 50.5 Å². The number of aliphatic hydroxyl groups is 2. The number of rotatable bonds is 3.